The van der Waals surface area contributed by atoms with Gasteiger partial charge >= 0.3 is 5.97 Å². The van der Waals surface area contributed by atoms with Gasteiger partial charge in [-0.25, -0.2) is 0 Å². The maximum atomic E-state index is 10.9. The lowest BCUT2D eigenvalue weighted by Crippen LogP contribution is -2.46. The van der Waals surface area contributed by atoms with Gasteiger partial charge in [0.15, 0.2) is 0 Å². The fourth-order valence-corrected chi connectivity index (χ4v) is 2.93. The van der Waals surface area contributed by atoms with Gasteiger partial charge in [-0.1, -0.05) is 20.8 Å². The van der Waals surface area contributed by atoms with Crippen LogP contribution in [0.25, 0.3) is 0 Å². The summed E-state index contributed by atoms with van der Waals surface area (Å²) in [4.78, 5) is 10.9. The number of ether oxygens (including phenoxy) is 1. The maximum Gasteiger partial charge on any atom is 0.323 e. The lowest BCUT2D eigenvalue weighted by molar-refractivity contribution is -0.143. The second kappa shape index (κ2) is 5.57. The predicted molar refractivity (Wildman–Crippen MR) is 71.4 cm³/mol. The Morgan fingerprint density at radius 2 is 2.11 bits per heavy atom. The van der Waals surface area contributed by atoms with E-state index in [0.29, 0.717) is 24.4 Å². The van der Waals surface area contributed by atoms with Gasteiger partial charge in [0.05, 0.1) is 6.10 Å². The summed E-state index contributed by atoms with van der Waals surface area (Å²) in [5.41, 5.74) is 4.81. The van der Waals surface area contributed by atoms with Gasteiger partial charge in [-0.3, -0.25) is 4.79 Å². The van der Waals surface area contributed by atoms with Crippen LogP contribution >= 0.6 is 0 Å². The van der Waals surface area contributed by atoms with E-state index >= 15 is 0 Å². The second-order valence-corrected chi connectivity index (χ2v) is 6.88. The highest BCUT2D eigenvalue weighted by atomic mass is 16.5. The molecule has 0 amide bonds. The van der Waals surface area contributed by atoms with Crippen molar-refractivity contribution in [1.82, 2.24) is 0 Å². The number of carboxylic acids is 1. The average molecular weight is 257 g/mol. The predicted octanol–water partition coefficient (Wildman–Crippen LogP) is 2.41. The molecule has 1 aliphatic rings. The molecule has 4 nitrogen and oxygen atoms in total. The van der Waals surface area contributed by atoms with E-state index in [-0.39, 0.29) is 6.10 Å². The van der Waals surface area contributed by atoms with E-state index < -0.39 is 11.5 Å². The van der Waals surface area contributed by atoms with Crippen LogP contribution in [0.4, 0.5) is 0 Å². The fraction of sp³-hybridized carbons (Fsp3) is 0.929. The van der Waals surface area contributed by atoms with Gasteiger partial charge in [-0.15, -0.1) is 0 Å². The summed E-state index contributed by atoms with van der Waals surface area (Å²) in [5, 5.41) is 8.92. The molecule has 1 aliphatic carbocycles. The molecule has 3 N–H and O–H groups in total. The number of hydrogen-bond donors (Lipinski definition) is 2. The smallest absolute Gasteiger partial charge is 0.323 e. The molecule has 0 heterocycles. The molecule has 3 unspecified atom stereocenters. The minimum Gasteiger partial charge on any atom is -0.480 e. The Bertz CT molecular complexity index is 299. The third-order valence-corrected chi connectivity index (χ3v) is 3.81. The zero-order chi connectivity index (χ0) is 14.0. The molecule has 0 aromatic carbocycles. The molecule has 3 atom stereocenters. The van der Waals surface area contributed by atoms with Gasteiger partial charge in [0, 0.05) is 6.61 Å². The van der Waals surface area contributed by atoms with E-state index in [2.05, 4.69) is 20.8 Å². The van der Waals surface area contributed by atoms with Gasteiger partial charge < -0.3 is 15.6 Å². The van der Waals surface area contributed by atoms with Crippen molar-refractivity contribution in [3.8, 4) is 0 Å². The molecule has 0 spiro atoms. The zero-order valence-corrected chi connectivity index (χ0v) is 12.0. The molecule has 0 aromatic heterocycles. The Kier molecular flexibility index (Phi) is 4.78. The lowest BCUT2D eigenvalue weighted by atomic mass is 9.71. The number of hydrogen-bond acceptors (Lipinski definition) is 3. The minimum absolute atomic E-state index is 0.244. The second-order valence-electron chi connectivity index (χ2n) is 6.88. The standard InChI is InChI=1S/C14H27NO3/c1-10-7-11(9-13(2,3)8-10)18-6-5-14(4,15)12(16)17/h10-11H,5-9,15H2,1-4H3,(H,16,17). The molecule has 0 radical (unpaired) electrons. The molecule has 18 heavy (non-hydrogen) atoms. The van der Waals surface area contributed by atoms with E-state index in [0.717, 1.165) is 12.8 Å². The number of nitrogens with two attached hydrogens (primary N) is 1. The van der Waals surface area contributed by atoms with Crippen molar-refractivity contribution in [3.63, 3.8) is 0 Å². The summed E-state index contributed by atoms with van der Waals surface area (Å²) in [6.07, 6.45) is 3.95. The first-order valence-electron chi connectivity index (χ1n) is 6.76. The highest BCUT2D eigenvalue weighted by Gasteiger charge is 2.33. The van der Waals surface area contributed by atoms with Crippen LogP contribution in [-0.2, 0) is 9.53 Å². The van der Waals surface area contributed by atoms with Crippen molar-refractivity contribution >= 4 is 5.97 Å². The normalized spacial score (nSPS) is 30.7. The summed E-state index contributed by atoms with van der Waals surface area (Å²) in [7, 11) is 0. The van der Waals surface area contributed by atoms with Crippen LogP contribution in [0.2, 0.25) is 0 Å². The Labute approximate surface area is 110 Å². The number of rotatable bonds is 5. The van der Waals surface area contributed by atoms with Gasteiger partial charge in [0.25, 0.3) is 0 Å². The first-order chi connectivity index (χ1) is 8.12. The van der Waals surface area contributed by atoms with Crippen LogP contribution in [0.5, 0.6) is 0 Å². The molecular weight excluding hydrogens is 230 g/mol. The Morgan fingerprint density at radius 3 is 2.61 bits per heavy atom. The van der Waals surface area contributed by atoms with Crippen LogP contribution in [-0.4, -0.2) is 29.3 Å². The fourth-order valence-electron chi connectivity index (χ4n) is 2.93. The van der Waals surface area contributed by atoms with Crippen molar-refractivity contribution in [3.05, 3.63) is 0 Å². The summed E-state index contributed by atoms with van der Waals surface area (Å²) in [5.74, 6) is -0.300. The van der Waals surface area contributed by atoms with Crippen molar-refractivity contribution in [1.29, 1.82) is 0 Å². The minimum atomic E-state index is -1.18. The van der Waals surface area contributed by atoms with E-state index in [1.54, 1.807) is 0 Å². The van der Waals surface area contributed by atoms with E-state index in [9.17, 15) is 4.79 Å². The third kappa shape index (κ3) is 4.58. The number of aliphatic carboxylic acids is 1. The van der Waals surface area contributed by atoms with E-state index in [1.807, 2.05) is 0 Å². The number of carboxylic acid groups (broad SMARTS) is 1. The lowest BCUT2D eigenvalue weighted by Gasteiger charge is -2.39. The summed E-state index contributed by atoms with van der Waals surface area (Å²) in [6, 6.07) is 0. The van der Waals surface area contributed by atoms with Crippen LogP contribution in [0.15, 0.2) is 0 Å². The molecular formula is C14H27NO3. The summed E-state index contributed by atoms with van der Waals surface area (Å²) < 4.78 is 5.83. The van der Waals surface area contributed by atoms with Gasteiger partial charge in [-0.2, -0.15) is 0 Å². The molecule has 1 saturated carbocycles. The quantitative estimate of drug-likeness (QED) is 0.793. The molecule has 0 saturated heterocycles. The first-order valence-corrected chi connectivity index (χ1v) is 6.76. The Morgan fingerprint density at radius 1 is 1.50 bits per heavy atom. The van der Waals surface area contributed by atoms with Crippen molar-refractivity contribution in [2.75, 3.05) is 6.61 Å². The Hall–Kier alpha value is -0.610. The van der Waals surface area contributed by atoms with E-state index in [1.165, 1.54) is 13.3 Å². The van der Waals surface area contributed by atoms with Crippen LogP contribution in [0.1, 0.15) is 53.4 Å². The van der Waals surface area contributed by atoms with E-state index in [4.69, 9.17) is 15.6 Å². The highest BCUT2D eigenvalue weighted by Crippen LogP contribution is 2.39. The van der Waals surface area contributed by atoms with Crippen LogP contribution in [0, 0.1) is 11.3 Å². The average Bonchev–Trinajstić information content (AvgIpc) is 2.13. The Balaban J connectivity index is 2.38. The van der Waals surface area contributed by atoms with Crippen molar-refractivity contribution < 1.29 is 14.6 Å². The largest absolute Gasteiger partial charge is 0.480 e. The van der Waals surface area contributed by atoms with Gasteiger partial charge in [-0.05, 0) is 43.9 Å². The number of carbonyl (C=O) groups is 1. The molecule has 0 aromatic rings. The maximum absolute atomic E-state index is 10.9. The highest BCUT2D eigenvalue weighted by molar-refractivity contribution is 5.77. The van der Waals surface area contributed by atoms with Crippen molar-refractivity contribution in [2.24, 2.45) is 17.1 Å². The topological polar surface area (TPSA) is 72.5 Å². The summed E-state index contributed by atoms with van der Waals surface area (Å²) >= 11 is 0. The molecule has 4 heteroatoms. The van der Waals surface area contributed by atoms with Gasteiger partial charge in [0.2, 0.25) is 0 Å². The molecule has 1 rings (SSSR count). The third-order valence-electron chi connectivity index (χ3n) is 3.81. The SMILES string of the molecule is CC1CC(OCCC(C)(N)C(=O)O)CC(C)(C)C1. The van der Waals surface area contributed by atoms with Crippen LogP contribution in [0.3, 0.4) is 0 Å². The molecule has 0 bridgehead atoms. The van der Waals surface area contributed by atoms with Crippen molar-refractivity contribution in [2.45, 2.75) is 65.0 Å². The molecule has 106 valence electrons. The monoisotopic (exact) mass is 257 g/mol. The molecule has 1 fully saturated rings. The molecule has 0 aliphatic heterocycles. The first kappa shape index (κ1) is 15.4. The summed E-state index contributed by atoms with van der Waals surface area (Å²) in [6.45, 7) is 8.74. The zero-order valence-electron chi connectivity index (χ0n) is 12.0. The van der Waals surface area contributed by atoms with Crippen LogP contribution < -0.4 is 5.73 Å². The van der Waals surface area contributed by atoms with Gasteiger partial charge in [0.1, 0.15) is 5.54 Å².